The number of rotatable bonds is 5. The third-order valence-corrected chi connectivity index (χ3v) is 2.27. The fourth-order valence-electron chi connectivity index (χ4n) is 1.30. The number of halogens is 3. The number of benzene rings is 1. The van der Waals surface area contributed by atoms with Crippen LogP contribution in [-0.2, 0) is 4.79 Å². The summed E-state index contributed by atoms with van der Waals surface area (Å²) in [7, 11) is 1.43. The van der Waals surface area contributed by atoms with E-state index >= 15 is 0 Å². The second kappa shape index (κ2) is 5.61. The summed E-state index contributed by atoms with van der Waals surface area (Å²) in [6.45, 7) is -0.730. The lowest BCUT2D eigenvalue weighted by Gasteiger charge is -2.17. The lowest BCUT2D eigenvalue weighted by atomic mass is 10.1. The average Bonchev–Trinajstić information content (AvgIpc) is 2.27. The van der Waals surface area contributed by atoms with Crippen LogP contribution in [0.5, 0.6) is 5.75 Å². The van der Waals surface area contributed by atoms with Crippen molar-refractivity contribution in [2.75, 3.05) is 19.0 Å². The summed E-state index contributed by atoms with van der Waals surface area (Å²) in [5, 5.41) is 10.9. The molecule has 100 valence electrons. The van der Waals surface area contributed by atoms with Crippen molar-refractivity contribution >= 4 is 11.7 Å². The highest BCUT2D eigenvalue weighted by Crippen LogP contribution is 2.27. The van der Waals surface area contributed by atoms with Crippen molar-refractivity contribution in [1.82, 2.24) is 0 Å². The van der Waals surface area contributed by atoms with Crippen LogP contribution in [0.2, 0.25) is 0 Å². The van der Waals surface area contributed by atoms with Crippen molar-refractivity contribution in [2.24, 2.45) is 5.92 Å². The van der Waals surface area contributed by atoms with Gasteiger partial charge in [0.15, 0.2) is 5.92 Å². The molecule has 0 bridgehead atoms. The number of alkyl halides is 3. The fraction of sp³-hybridized carbons (Fsp3) is 0.364. The van der Waals surface area contributed by atoms with Gasteiger partial charge in [0, 0.05) is 18.3 Å². The molecule has 1 unspecified atom stereocenters. The smallest absolute Gasteiger partial charge is 0.403 e. The van der Waals surface area contributed by atoms with Crippen molar-refractivity contribution in [1.29, 1.82) is 0 Å². The van der Waals surface area contributed by atoms with Gasteiger partial charge >= 0.3 is 12.1 Å². The normalized spacial score (nSPS) is 12.9. The Bertz CT molecular complexity index is 420. The Morgan fingerprint density at radius 3 is 2.67 bits per heavy atom. The number of methoxy groups -OCH3 is 1. The van der Waals surface area contributed by atoms with Gasteiger partial charge in [0.2, 0.25) is 0 Å². The number of hydrogen-bond acceptors (Lipinski definition) is 3. The third kappa shape index (κ3) is 3.83. The van der Waals surface area contributed by atoms with Crippen LogP contribution in [0.3, 0.4) is 0 Å². The Hall–Kier alpha value is -1.92. The van der Waals surface area contributed by atoms with E-state index in [4.69, 9.17) is 9.84 Å². The van der Waals surface area contributed by atoms with Gasteiger partial charge in [0.05, 0.1) is 7.11 Å². The maximum atomic E-state index is 12.4. The van der Waals surface area contributed by atoms with Crippen molar-refractivity contribution in [3.63, 3.8) is 0 Å². The van der Waals surface area contributed by atoms with E-state index in [1.54, 1.807) is 12.1 Å². The highest BCUT2D eigenvalue weighted by Gasteiger charge is 2.44. The third-order valence-electron chi connectivity index (χ3n) is 2.27. The molecule has 0 saturated carbocycles. The van der Waals surface area contributed by atoms with Crippen LogP contribution in [0.4, 0.5) is 18.9 Å². The minimum absolute atomic E-state index is 0.366. The van der Waals surface area contributed by atoms with E-state index in [0.29, 0.717) is 11.4 Å². The highest BCUT2D eigenvalue weighted by atomic mass is 19.4. The van der Waals surface area contributed by atoms with Gasteiger partial charge in [-0.1, -0.05) is 6.07 Å². The van der Waals surface area contributed by atoms with E-state index in [0.717, 1.165) is 0 Å². The first-order chi connectivity index (χ1) is 8.34. The highest BCUT2D eigenvalue weighted by molar-refractivity contribution is 5.71. The van der Waals surface area contributed by atoms with Crippen molar-refractivity contribution in [3.8, 4) is 5.75 Å². The molecule has 1 rings (SSSR count). The van der Waals surface area contributed by atoms with E-state index in [1.165, 1.54) is 19.2 Å². The Labute approximate surface area is 101 Å². The topological polar surface area (TPSA) is 58.6 Å². The second-order valence-corrected chi connectivity index (χ2v) is 3.55. The van der Waals surface area contributed by atoms with Crippen molar-refractivity contribution in [2.45, 2.75) is 6.18 Å². The zero-order chi connectivity index (χ0) is 13.8. The number of nitrogens with one attached hydrogen (secondary N) is 1. The summed E-state index contributed by atoms with van der Waals surface area (Å²) in [6, 6.07) is 6.22. The molecule has 1 aromatic carbocycles. The van der Waals surface area contributed by atoms with E-state index in [1.807, 2.05) is 0 Å². The molecule has 7 heteroatoms. The van der Waals surface area contributed by atoms with Crippen LogP contribution in [0.25, 0.3) is 0 Å². The quantitative estimate of drug-likeness (QED) is 0.856. The first kappa shape index (κ1) is 14.1. The predicted molar refractivity (Wildman–Crippen MR) is 58.7 cm³/mol. The molecule has 0 aliphatic rings. The van der Waals surface area contributed by atoms with E-state index in [9.17, 15) is 18.0 Å². The largest absolute Gasteiger partial charge is 0.497 e. The van der Waals surface area contributed by atoms with Crippen LogP contribution in [0, 0.1) is 5.92 Å². The molecule has 0 aliphatic carbocycles. The van der Waals surface area contributed by atoms with E-state index in [2.05, 4.69) is 5.32 Å². The number of carboxylic acid groups (broad SMARTS) is 1. The molecule has 18 heavy (non-hydrogen) atoms. The molecule has 0 fully saturated rings. The van der Waals surface area contributed by atoms with Crippen molar-refractivity contribution < 1.29 is 27.8 Å². The molecule has 0 aromatic heterocycles. The van der Waals surface area contributed by atoms with Gasteiger partial charge in [0.25, 0.3) is 0 Å². The molecule has 1 atom stereocenters. The first-order valence-electron chi connectivity index (χ1n) is 5.02. The number of ether oxygens (including phenoxy) is 1. The summed E-state index contributed by atoms with van der Waals surface area (Å²) in [5.74, 6) is -3.87. The van der Waals surface area contributed by atoms with Gasteiger partial charge in [-0.15, -0.1) is 0 Å². The average molecular weight is 263 g/mol. The Balaban J connectivity index is 2.70. The van der Waals surface area contributed by atoms with Gasteiger partial charge in [-0.25, -0.2) is 0 Å². The summed E-state index contributed by atoms with van der Waals surface area (Å²) >= 11 is 0. The van der Waals surface area contributed by atoms with Gasteiger partial charge in [0.1, 0.15) is 5.75 Å². The molecule has 2 N–H and O–H groups in total. The van der Waals surface area contributed by atoms with Crippen LogP contribution in [-0.4, -0.2) is 30.9 Å². The monoisotopic (exact) mass is 263 g/mol. The number of carboxylic acids is 1. The molecule has 0 spiro atoms. The molecule has 0 radical (unpaired) electrons. The minimum atomic E-state index is -4.78. The van der Waals surface area contributed by atoms with Gasteiger partial charge in [-0.2, -0.15) is 13.2 Å². The lowest BCUT2D eigenvalue weighted by molar-refractivity contribution is -0.190. The standard InChI is InChI=1S/C11H12F3NO3/c1-18-8-4-2-3-7(5-8)15-6-9(10(16)17)11(12,13)14/h2-5,9,15H,6H2,1H3,(H,16,17). The molecule has 4 nitrogen and oxygen atoms in total. The number of carbonyl (C=O) groups is 1. The zero-order valence-electron chi connectivity index (χ0n) is 9.49. The second-order valence-electron chi connectivity index (χ2n) is 3.55. The maximum Gasteiger partial charge on any atom is 0.403 e. The summed E-state index contributed by atoms with van der Waals surface area (Å²) in [6.07, 6.45) is -4.78. The first-order valence-corrected chi connectivity index (χ1v) is 5.02. The van der Waals surface area contributed by atoms with Crippen LogP contribution in [0.1, 0.15) is 0 Å². The van der Waals surface area contributed by atoms with Crippen molar-refractivity contribution in [3.05, 3.63) is 24.3 Å². The minimum Gasteiger partial charge on any atom is -0.497 e. The number of hydrogen-bond donors (Lipinski definition) is 2. The predicted octanol–water partition coefficient (Wildman–Crippen LogP) is 2.37. The van der Waals surface area contributed by atoms with Gasteiger partial charge < -0.3 is 15.2 Å². The number of aliphatic carboxylic acids is 1. The van der Waals surface area contributed by atoms with E-state index in [-0.39, 0.29) is 0 Å². The summed E-state index contributed by atoms with van der Waals surface area (Å²) in [5.41, 5.74) is 0.366. The summed E-state index contributed by atoms with van der Waals surface area (Å²) < 4.78 is 42.0. The van der Waals surface area contributed by atoms with E-state index < -0.39 is 24.6 Å². The number of anilines is 1. The van der Waals surface area contributed by atoms with Gasteiger partial charge in [-0.05, 0) is 12.1 Å². The lowest BCUT2D eigenvalue weighted by Crippen LogP contribution is -2.36. The zero-order valence-corrected chi connectivity index (χ0v) is 9.49. The SMILES string of the molecule is COc1cccc(NCC(C(=O)O)C(F)(F)F)c1. The fourth-order valence-corrected chi connectivity index (χ4v) is 1.30. The van der Waals surface area contributed by atoms with Crippen LogP contribution in [0.15, 0.2) is 24.3 Å². The van der Waals surface area contributed by atoms with Crippen LogP contribution >= 0.6 is 0 Å². The van der Waals surface area contributed by atoms with Gasteiger partial charge in [-0.3, -0.25) is 4.79 Å². The Morgan fingerprint density at radius 1 is 1.50 bits per heavy atom. The Kier molecular flexibility index (Phi) is 4.41. The molecule has 0 saturated heterocycles. The molecular weight excluding hydrogens is 251 g/mol. The Morgan fingerprint density at radius 2 is 2.17 bits per heavy atom. The molecule has 1 aromatic rings. The van der Waals surface area contributed by atoms with Crippen LogP contribution < -0.4 is 10.1 Å². The maximum absolute atomic E-state index is 12.4. The summed E-state index contributed by atoms with van der Waals surface area (Å²) in [4.78, 5) is 10.5. The molecular formula is C11H12F3NO3. The molecule has 0 aliphatic heterocycles. The molecule has 0 amide bonds. The molecule has 0 heterocycles.